The summed E-state index contributed by atoms with van der Waals surface area (Å²) in [7, 11) is 0. The zero-order chi connectivity index (χ0) is 6.27. The molecule has 2 aromatic rings. The van der Waals surface area contributed by atoms with Gasteiger partial charge in [0.1, 0.15) is 4.83 Å². The van der Waals surface area contributed by atoms with Crippen molar-refractivity contribution in [3.8, 4) is 0 Å². The Morgan fingerprint density at radius 2 is 2.44 bits per heavy atom. The van der Waals surface area contributed by atoms with E-state index in [0.29, 0.717) is 0 Å². The van der Waals surface area contributed by atoms with E-state index in [4.69, 9.17) is 0 Å². The normalized spacial score (nSPS) is 10.8. The zero-order valence-corrected chi connectivity index (χ0v) is 6.92. The molecule has 0 aliphatic rings. The molecule has 0 saturated heterocycles. The molecule has 1 N–H and O–H groups in total. The molecule has 0 amide bonds. The maximum absolute atomic E-state index is 3.40. The topological polar surface area (TPSA) is 15.8 Å². The van der Waals surface area contributed by atoms with Crippen LogP contribution in [0.2, 0.25) is 0 Å². The van der Waals surface area contributed by atoms with Gasteiger partial charge in [0.25, 0.3) is 0 Å². The van der Waals surface area contributed by atoms with Gasteiger partial charge in [0.05, 0.1) is 3.79 Å². The minimum Gasteiger partial charge on any atom is -0.353 e. The van der Waals surface area contributed by atoms with E-state index in [1.807, 2.05) is 6.20 Å². The van der Waals surface area contributed by atoms with Gasteiger partial charge in [-0.3, -0.25) is 0 Å². The van der Waals surface area contributed by atoms with Crippen molar-refractivity contribution in [1.29, 1.82) is 0 Å². The predicted octanol–water partition coefficient (Wildman–Crippen LogP) is 2.99. The van der Waals surface area contributed by atoms with Gasteiger partial charge in [-0.25, -0.2) is 0 Å². The van der Waals surface area contributed by atoms with Crippen molar-refractivity contribution in [2.24, 2.45) is 0 Å². The van der Waals surface area contributed by atoms with Crippen LogP contribution in [-0.4, -0.2) is 4.98 Å². The summed E-state index contributed by atoms with van der Waals surface area (Å²) in [5.41, 5.74) is 0. The number of thiophene rings is 1. The number of halogens is 1. The minimum absolute atomic E-state index is 1.18. The Kier molecular flexibility index (Phi) is 1.13. The Morgan fingerprint density at radius 1 is 1.56 bits per heavy atom. The molecular formula is C6H4BrNS. The first-order chi connectivity index (χ1) is 4.36. The van der Waals surface area contributed by atoms with Crippen LogP contribution in [0.5, 0.6) is 0 Å². The Labute approximate surface area is 64.8 Å². The monoisotopic (exact) mass is 201 g/mol. The van der Waals surface area contributed by atoms with Gasteiger partial charge in [0.15, 0.2) is 0 Å². The molecule has 0 bridgehead atoms. The predicted molar refractivity (Wildman–Crippen MR) is 43.9 cm³/mol. The number of fused-ring (bicyclic) bond motifs is 1. The lowest BCUT2D eigenvalue weighted by molar-refractivity contribution is 1.51. The fraction of sp³-hybridized carbons (Fsp3) is 0. The molecule has 0 atom stereocenters. The van der Waals surface area contributed by atoms with E-state index >= 15 is 0 Å². The number of hydrogen-bond acceptors (Lipinski definition) is 1. The van der Waals surface area contributed by atoms with E-state index in [0.717, 1.165) is 0 Å². The van der Waals surface area contributed by atoms with Crippen LogP contribution >= 0.6 is 27.3 Å². The van der Waals surface area contributed by atoms with Crippen molar-refractivity contribution < 1.29 is 0 Å². The lowest BCUT2D eigenvalue weighted by Gasteiger charge is -1.69. The largest absolute Gasteiger partial charge is 0.353 e. The molecular weight excluding hydrogens is 198 g/mol. The van der Waals surface area contributed by atoms with Gasteiger partial charge < -0.3 is 4.98 Å². The first-order valence-corrected chi connectivity index (χ1v) is 4.19. The second-order valence-corrected chi connectivity index (χ2v) is 4.24. The highest BCUT2D eigenvalue weighted by Crippen LogP contribution is 2.27. The summed E-state index contributed by atoms with van der Waals surface area (Å²) in [6, 6.07) is 4.17. The number of rotatable bonds is 0. The molecule has 0 fully saturated rings. The molecule has 0 aliphatic heterocycles. The average Bonchev–Trinajstić information content (AvgIpc) is 2.22. The molecule has 3 heteroatoms. The smallest absolute Gasteiger partial charge is 0.101 e. The van der Waals surface area contributed by atoms with Gasteiger partial charge in [0.2, 0.25) is 0 Å². The summed E-state index contributed by atoms with van der Waals surface area (Å²) in [6.45, 7) is 0. The number of H-pyrrole nitrogens is 1. The third-order valence-electron chi connectivity index (χ3n) is 1.21. The summed E-state index contributed by atoms with van der Waals surface area (Å²) < 4.78 is 1.18. The second-order valence-electron chi connectivity index (χ2n) is 1.81. The van der Waals surface area contributed by atoms with Crippen LogP contribution in [0.15, 0.2) is 22.1 Å². The molecule has 46 valence electrons. The van der Waals surface area contributed by atoms with E-state index in [-0.39, 0.29) is 0 Å². The standard InChI is InChI=1S/C6H4BrNS/c7-5-3-4-1-2-8-6(4)9-5/h1-3,8H. The van der Waals surface area contributed by atoms with E-state index in [9.17, 15) is 0 Å². The summed E-state index contributed by atoms with van der Waals surface area (Å²) in [6.07, 6.45) is 1.95. The summed E-state index contributed by atoms with van der Waals surface area (Å²) >= 11 is 5.12. The Morgan fingerprint density at radius 3 is 3.22 bits per heavy atom. The maximum Gasteiger partial charge on any atom is 0.101 e. The van der Waals surface area contributed by atoms with Gasteiger partial charge in [-0.05, 0) is 28.1 Å². The molecule has 1 nitrogen and oxygen atoms in total. The molecule has 0 aromatic carbocycles. The number of aromatic amines is 1. The second kappa shape index (κ2) is 1.85. The zero-order valence-electron chi connectivity index (χ0n) is 4.52. The highest BCUT2D eigenvalue weighted by Gasteiger charge is 1.96. The van der Waals surface area contributed by atoms with Crippen LogP contribution in [-0.2, 0) is 0 Å². The first-order valence-electron chi connectivity index (χ1n) is 2.59. The lowest BCUT2D eigenvalue weighted by atomic mass is 10.4. The van der Waals surface area contributed by atoms with Crippen LogP contribution in [0.3, 0.4) is 0 Å². The van der Waals surface area contributed by atoms with Gasteiger partial charge in [-0.2, -0.15) is 0 Å². The number of nitrogens with one attached hydrogen (secondary N) is 1. The molecule has 0 unspecified atom stereocenters. The van der Waals surface area contributed by atoms with E-state index in [1.165, 1.54) is 14.0 Å². The third kappa shape index (κ3) is 0.804. The van der Waals surface area contributed by atoms with Gasteiger partial charge >= 0.3 is 0 Å². The quantitative estimate of drug-likeness (QED) is 0.675. The Balaban J connectivity index is 2.92. The van der Waals surface area contributed by atoms with E-state index in [2.05, 4.69) is 33.0 Å². The average molecular weight is 202 g/mol. The molecule has 2 aromatic heterocycles. The van der Waals surface area contributed by atoms with Crippen molar-refractivity contribution in [3.05, 3.63) is 22.1 Å². The van der Waals surface area contributed by atoms with E-state index in [1.54, 1.807) is 11.3 Å². The van der Waals surface area contributed by atoms with Crippen molar-refractivity contribution in [2.75, 3.05) is 0 Å². The van der Waals surface area contributed by atoms with Crippen LogP contribution in [0.1, 0.15) is 0 Å². The minimum atomic E-state index is 1.18. The fourth-order valence-electron chi connectivity index (χ4n) is 0.817. The molecule has 0 aliphatic carbocycles. The molecule has 2 heterocycles. The molecule has 9 heavy (non-hydrogen) atoms. The summed E-state index contributed by atoms with van der Waals surface area (Å²) in [5.74, 6) is 0. The van der Waals surface area contributed by atoms with Crippen molar-refractivity contribution in [2.45, 2.75) is 0 Å². The van der Waals surface area contributed by atoms with Gasteiger partial charge in [0, 0.05) is 11.6 Å². The fourth-order valence-corrected chi connectivity index (χ4v) is 2.30. The molecule has 0 radical (unpaired) electrons. The van der Waals surface area contributed by atoms with Crippen molar-refractivity contribution >= 4 is 37.5 Å². The van der Waals surface area contributed by atoms with Crippen LogP contribution in [0.25, 0.3) is 10.2 Å². The van der Waals surface area contributed by atoms with Crippen molar-refractivity contribution in [1.82, 2.24) is 4.98 Å². The molecule has 2 rings (SSSR count). The third-order valence-corrected chi connectivity index (χ3v) is 2.79. The number of aromatic nitrogens is 1. The highest BCUT2D eigenvalue weighted by molar-refractivity contribution is 9.11. The van der Waals surface area contributed by atoms with Crippen LogP contribution in [0, 0.1) is 0 Å². The molecule has 0 saturated carbocycles. The summed E-state index contributed by atoms with van der Waals surface area (Å²) in [5, 5.41) is 1.28. The van der Waals surface area contributed by atoms with Crippen LogP contribution < -0.4 is 0 Å². The summed E-state index contributed by atoms with van der Waals surface area (Å²) in [4.78, 5) is 4.37. The highest BCUT2D eigenvalue weighted by atomic mass is 79.9. The lowest BCUT2D eigenvalue weighted by Crippen LogP contribution is -1.46. The Bertz CT molecular complexity index is 294. The van der Waals surface area contributed by atoms with Gasteiger partial charge in [-0.1, -0.05) is 0 Å². The van der Waals surface area contributed by atoms with Crippen molar-refractivity contribution in [3.63, 3.8) is 0 Å². The van der Waals surface area contributed by atoms with Gasteiger partial charge in [-0.15, -0.1) is 11.3 Å². The molecule has 0 spiro atoms. The van der Waals surface area contributed by atoms with Crippen LogP contribution in [0.4, 0.5) is 0 Å². The number of hydrogen-bond donors (Lipinski definition) is 1. The maximum atomic E-state index is 3.40. The van der Waals surface area contributed by atoms with E-state index < -0.39 is 0 Å². The Hall–Kier alpha value is -0.280. The SMILES string of the molecule is Brc1cc2cc[nH]c2s1. The first kappa shape index (κ1) is 5.50.